The number of nitrogens with two attached hydrogens (primary N) is 1. The van der Waals surface area contributed by atoms with Crippen molar-refractivity contribution in [2.75, 3.05) is 0 Å². The van der Waals surface area contributed by atoms with Crippen molar-refractivity contribution in [3.63, 3.8) is 0 Å². The van der Waals surface area contributed by atoms with E-state index in [1.807, 2.05) is 0 Å². The maximum Gasteiger partial charge on any atom is 0.0266 e. The van der Waals surface area contributed by atoms with E-state index in [1.165, 1.54) is 36.8 Å². The highest BCUT2D eigenvalue weighted by Gasteiger charge is 2.28. The van der Waals surface area contributed by atoms with Gasteiger partial charge in [-0.15, -0.1) is 0 Å². The molecule has 2 unspecified atom stereocenters. The van der Waals surface area contributed by atoms with Crippen LogP contribution in [-0.4, -0.2) is 0 Å². The minimum atomic E-state index is 0.145. The quantitative estimate of drug-likeness (QED) is 0.802. The van der Waals surface area contributed by atoms with E-state index >= 15 is 0 Å². The molecule has 17 heavy (non-hydrogen) atoms. The predicted molar refractivity (Wildman–Crippen MR) is 74.0 cm³/mol. The van der Waals surface area contributed by atoms with Gasteiger partial charge in [-0.2, -0.15) is 0 Å². The molecular formula is C16H25N. The summed E-state index contributed by atoms with van der Waals surface area (Å²) in [6, 6.07) is 9.04. The summed E-state index contributed by atoms with van der Waals surface area (Å²) in [4.78, 5) is 0. The van der Waals surface area contributed by atoms with E-state index in [-0.39, 0.29) is 6.04 Å². The molecule has 0 aliphatic heterocycles. The Labute approximate surface area is 105 Å². The average molecular weight is 231 g/mol. The Hall–Kier alpha value is -0.820. The van der Waals surface area contributed by atoms with Gasteiger partial charge in [0.05, 0.1) is 0 Å². The second kappa shape index (κ2) is 4.81. The highest BCUT2D eigenvalue weighted by atomic mass is 14.6. The van der Waals surface area contributed by atoms with E-state index < -0.39 is 0 Å². The molecule has 1 saturated carbocycles. The molecule has 0 heterocycles. The summed E-state index contributed by atoms with van der Waals surface area (Å²) >= 11 is 0. The lowest BCUT2D eigenvalue weighted by molar-refractivity contribution is 0.219. The Morgan fingerprint density at radius 1 is 1.35 bits per heavy atom. The van der Waals surface area contributed by atoms with E-state index in [0.29, 0.717) is 5.41 Å². The number of benzene rings is 1. The largest absolute Gasteiger partial charge is 0.324 e. The molecule has 1 nitrogen and oxygen atoms in total. The van der Waals surface area contributed by atoms with Crippen molar-refractivity contribution in [3.05, 3.63) is 35.4 Å². The molecule has 0 bridgehead atoms. The van der Waals surface area contributed by atoms with E-state index in [0.717, 1.165) is 5.92 Å². The minimum absolute atomic E-state index is 0.145. The third kappa shape index (κ3) is 3.10. The van der Waals surface area contributed by atoms with Crippen LogP contribution >= 0.6 is 0 Å². The first-order chi connectivity index (χ1) is 7.98. The van der Waals surface area contributed by atoms with Gasteiger partial charge < -0.3 is 5.73 Å². The van der Waals surface area contributed by atoms with Crippen molar-refractivity contribution >= 4 is 0 Å². The van der Waals surface area contributed by atoms with Gasteiger partial charge in [0.25, 0.3) is 0 Å². The van der Waals surface area contributed by atoms with Gasteiger partial charge in [0.2, 0.25) is 0 Å². The van der Waals surface area contributed by atoms with Crippen LogP contribution in [0.1, 0.15) is 69.5 Å². The van der Waals surface area contributed by atoms with Gasteiger partial charge in [-0.1, -0.05) is 44.5 Å². The van der Waals surface area contributed by atoms with E-state index in [1.54, 1.807) is 0 Å². The Bertz CT molecular complexity index is 379. The van der Waals surface area contributed by atoms with Crippen LogP contribution in [0.2, 0.25) is 0 Å². The molecule has 1 aromatic carbocycles. The first kappa shape index (κ1) is 12.6. The summed E-state index contributed by atoms with van der Waals surface area (Å²) < 4.78 is 0. The number of hydrogen-bond acceptors (Lipinski definition) is 1. The highest BCUT2D eigenvalue weighted by molar-refractivity contribution is 5.28. The van der Waals surface area contributed by atoms with Crippen LogP contribution in [0.5, 0.6) is 0 Å². The Morgan fingerprint density at radius 3 is 2.76 bits per heavy atom. The molecule has 94 valence electrons. The molecular weight excluding hydrogens is 206 g/mol. The van der Waals surface area contributed by atoms with Crippen LogP contribution < -0.4 is 5.73 Å². The van der Waals surface area contributed by atoms with Crippen LogP contribution in [0.3, 0.4) is 0 Å². The maximum absolute atomic E-state index is 5.97. The fourth-order valence-electron chi connectivity index (χ4n) is 3.08. The van der Waals surface area contributed by atoms with Crippen molar-refractivity contribution in [2.24, 2.45) is 11.1 Å². The molecule has 2 atom stereocenters. The molecule has 0 spiro atoms. The lowest BCUT2D eigenvalue weighted by atomic mass is 9.70. The van der Waals surface area contributed by atoms with Gasteiger partial charge in [-0.3, -0.25) is 0 Å². The van der Waals surface area contributed by atoms with Gasteiger partial charge in [-0.05, 0) is 48.6 Å². The minimum Gasteiger partial charge on any atom is -0.324 e. The van der Waals surface area contributed by atoms with Gasteiger partial charge in [0, 0.05) is 6.04 Å². The SMILES string of the molecule is CC(N)c1cccc(C2CCCC(C)(C)C2)c1. The monoisotopic (exact) mass is 231 g/mol. The number of hydrogen-bond donors (Lipinski definition) is 1. The molecule has 1 aliphatic carbocycles. The molecule has 0 aromatic heterocycles. The molecule has 2 rings (SSSR count). The van der Waals surface area contributed by atoms with Crippen LogP contribution in [0, 0.1) is 5.41 Å². The Morgan fingerprint density at radius 2 is 2.12 bits per heavy atom. The third-order valence-electron chi connectivity index (χ3n) is 4.11. The maximum atomic E-state index is 5.97. The number of rotatable bonds is 2. The normalized spacial score (nSPS) is 25.5. The fourth-order valence-corrected chi connectivity index (χ4v) is 3.08. The summed E-state index contributed by atoms with van der Waals surface area (Å²) in [5, 5.41) is 0. The van der Waals surface area contributed by atoms with Crippen LogP contribution in [0.4, 0.5) is 0 Å². The van der Waals surface area contributed by atoms with Crippen LogP contribution in [0.25, 0.3) is 0 Å². The zero-order chi connectivity index (χ0) is 12.5. The molecule has 1 aromatic rings. The van der Waals surface area contributed by atoms with Crippen molar-refractivity contribution in [2.45, 2.75) is 58.4 Å². The summed E-state index contributed by atoms with van der Waals surface area (Å²) in [6.45, 7) is 6.85. The third-order valence-corrected chi connectivity index (χ3v) is 4.11. The summed E-state index contributed by atoms with van der Waals surface area (Å²) in [5.41, 5.74) is 9.24. The van der Waals surface area contributed by atoms with Gasteiger partial charge in [0.15, 0.2) is 0 Å². The van der Waals surface area contributed by atoms with Gasteiger partial charge >= 0.3 is 0 Å². The molecule has 2 N–H and O–H groups in total. The predicted octanol–water partition coefficient (Wildman–Crippen LogP) is 4.39. The Balaban J connectivity index is 2.19. The zero-order valence-electron chi connectivity index (χ0n) is 11.4. The second-order valence-electron chi connectivity index (χ2n) is 6.42. The van der Waals surface area contributed by atoms with Crippen LogP contribution in [0.15, 0.2) is 24.3 Å². The first-order valence-electron chi connectivity index (χ1n) is 6.83. The van der Waals surface area contributed by atoms with Crippen molar-refractivity contribution in [1.29, 1.82) is 0 Å². The molecule has 1 aliphatic rings. The fraction of sp³-hybridized carbons (Fsp3) is 0.625. The molecule has 0 radical (unpaired) electrons. The van der Waals surface area contributed by atoms with E-state index in [4.69, 9.17) is 5.73 Å². The summed E-state index contributed by atoms with van der Waals surface area (Å²) in [7, 11) is 0. The highest BCUT2D eigenvalue weighted by Crippen LogP contribution is 2.43. The standard InChI is InChI=1S/C16H25N/c1-12(17)13-6-4-7-14(10-13)15-8-5-9-16(2,3)11-15/h4,6-7,10,12,15H,5,8-9,11,17H2,1-3H3. The van der Waals surface area contributed by atoms with Gasteiger partial charge in [-0.25, -0.2) is 0 Å². The van der Waals surface area contributed by atoms with Crippen molar-refractivity contribution in [3.8, 4) is 0 Å². The van der Waals surface area contributed by atoms with Crippen molar-refractivity contribution in [1.82, 2.24) is 0 Å². The van der Waals surface area contributed by atoms with Gasteiger partial charge in [0.1, 0.15) is 0 Å². The molecule has 1 fully saturated rings. The molecule has 0 saturated heterocycles. The Kier molecular flexibility index (Phi) is 3.58. The molecule has 0 amide bonds. The first-order valence-corrected chi connectivity index (χ1v) is 6.83. The molecule has 1 heteroatoms. The summed E-state index contributed by atoms with van der Waals surface area (Å²) in [6.07, 6.45) is 5.39. The van der Waals surface area contributed by atoms with E-state index in [9.17, 15) is 0 Å². The van der Waals surface area contributed by atoms with E-state index in [2.05, 4.69) is 45.0 Å². The van der Waals surface area contributed by atoms with Crippen LogP contribution in [-0.2, 0) is 0 Å². The lowest BCUT2D eigenvalue weighted by Crippen LogP contribution is -2.21. The van der Waals surface area contributed by atoms with Crippen molar-refractivity contribution < 1.29 is 0 Å². The smallest absolute Gasteiger partial charge is 0.0266 e. The zero-order valence-corrected chi connectivity index (χ0v) is 11.4. The lowest BCUT2D eigenvalue weighted by Gasteiger charge is -2.35. The average Bonchev–Trinajstić information content (AvgIpc) is 2.28. The second-order valence-corrected chi connectivity index (χ2v) is 6.42. The summed E-state index contributed by atoms with van der Waals surface area (Å²) in [5.74, 6) is 0.734. The topological polar surface area (TPSA) is 26.0 Å².